The summed E-state index contributed by atoms with van der Waals surface area (Å²) in [7, 11) is 0. The molecular formula is C34H66SSn. The first-order valence-electron chi connectivity index (χ1n) is 17.3. The Kier molecular flexibility index (Phi) is 22.2. The molecule has 36 heavy (non-hydrogen) atoms. The number of hydrogen-bond acceptors (Lipinski definition) is 1. The molecule has 3 fully saturated rings. The van der Waals surface area contributed by atoms with E-state index in [1.807, 2.05) is 0 Å². The molecule has 3 aliphatic rings. The van der Waals surface area contributed by atoms with Crippen LogP contribution < -0.4 is 0 Å². The average Bonchev–Trinajstić information content (AvgIpc) is 2.94. The molecule has 0 aliphatic heterocycles. The Morgan fingerprint density at radius 3 is 0.972 bits per heavy atom. The van der Waals surface area contributed by atoms with Gasteiger partial charge in [-0.3, -0.25) is 0 Å². The van der Waals surface area contributed by atoms with Gasteiger partial charge in [-0.15, -0.1) is 0 Å². The van der Waals surface area contributed by atoms with E-state index in [0.717, 1.165) is 5.75 Å². The van der Waals surface area contributed by atoms with Gasteiger partial charge in [0, 0.05) is 0 Å². The molecule has 3 rings (SSSR count). The smallest absolute Gasteiger partial charge is 0.0533 e. The monoisotopic (exact) mass is 626 g/mol. The second kappa shape index (κ2) is 24.0. The van der Waals surface area contributed by atoms with Gasteiger partial charge in [-0.05, 0) is 0 Å². The minimum atomic E-state index is -1.15. The van der Waals surface area contributed by atoms with Crippen molar-refractivity contribution in [1.82, 2.24) is 0 Å². The van der Waals surface area contributed by atoms with Gasteiger partial charge in [-0.2, -0.15) is 5.75 Å². The van der Waals surface area contributed by atoms with Gasteiger partial charge in [0.2, 0.25) is 0 Å². The van der Waals surface area contributed by atoms with E-state index in [4.69, 9.17) is 12.6 Å². The zero-order chi connectivity index (χ0) is 25.5. The summed E-state index contributed by atoms with van der Waals surface area (Å²) < 4.78 is 3.96. The molecule has 3 saturated carbocycles. The Morgan fingerprint density at radius 1 is 0.417 bits per heavy atom. The van der Waals surface area contributed by atoms with Crippen molar-refractivity contribution in [2.45, 2.75) is 205 Å². The van der Waals surface area contributed by atoms with Crippen LogP contribution in [0.4, 0.5) is 0 Å². The van der Waals surface area contributed by atoms with Gasteiger partial charge in [0.05, 0.1) is 0 Å². The van der Waals surface area contributed by atoms with Crippen molar-refractivity contribution in [2.24, 2.45) is 0 Å². The van der Waals surface area contributed by atoms with Crippen molar-refractivity contribution in [2.75, 3.05) is 5.75 Å². The van der Waals surface area contributed by atoms with Crippen molar-refractivity contribution in [3.8, 4) is 0 Å². The first-order chi connectivity index (χ1) is 17.9. The van der Waals surface area contributed by atoms with Crippen LogP contribution in [0.15, 0.2) is 0 Å². The molecule has 0 aromatic rings. The molecule has 0 saturated heterocycles. The Labute approximate surface area is 241 Å². The molecule has 0 bridgehead atoms. The van der Waals surface area contributed by atoms with E-state index < -0.39 is 19.8 Å². The van der Waals surface area contributed by atoms with Gasteiger partial charge in [0.25, 0.3) is 0 Å². The molecule has 0 N–H and O–H groups in total. The zero-order valence-corrected chi connectivity index (χ0v) is 28.5. The Balaban J connectivity index is 0.000000256. The molecule has 0 aromatic heterocycles. The maximum atomic E-state index is 4.94. The van der Waals surface area contributed by atoms with Gasteiger partial charge in [-0.25, -0.2) is 0 Å². The molecule has 0 atom stereocenters. The van der Waals surface area contributed by atoms with Gasteiger partial charge in [0.15, 0.2) is 0 Å². The van der Waals surface area contributed by atoms with Gasteiger partial charge in [-0.1, -0.05) is 96.8 Å². The third-order valence-corrected chi connectivity index (χ3v) is 23.0. The van der Waals surface area contributed by atoms with Crippen LogP contribution in [-0.2, 0) is 12.6 Å². The van der Waals surface area contributed by atoms with Crippen LogP contribution in [0.1, 0.15) is 193 Å². The predicted octanol–water partition coefficient (Wildman–Crippen LogP) is 12.5. The summed E-state index contributed by atoms with van der Waals surface area (Å²) in [5, 5.41) is 0. The predicted molar refractivity (Wildman–Crippen MR) is 169 cm³/mol. The molecular weight excluding hydrogens is 559 g/mol. The fourth-order valence-corrected chi connectivity index (χ4v) is 22.7. The first kappa shape index (κ1) is 33.4. The largest absolute Gasteiger partial charge is 0.793 e. The normalized spacial score (nSPS) is 20.2. The Hall–Kier alpha value is 1.15. The van der Waals surface area contributed by atoms with Crippen LogP contribution in [-0.4, -0.2) is 25.5 Å². The number of rotatable bonds is 17. The van der Waals surface area contributed by atoms with E-state index in [0.29, 0.717) is 0 Å². The first-order valence-corrected chi connectivity index (χ1v) is 22.8. The standard InChI is InChI=1S/C16H34S.3C6H11.Sn/c1-2-3-4-5-6-7-8-9-10-11-12-13-14-15-16-17;3*1-2-4-6-5-3-1;/h17H,2-16H2,1H3;3*1H,2-6H2;/q;;;;+1/p-1. The van der Waals surface area contributed by atoms with Gasteiger partial charge in [0.1, 0.15) is 0 Å². The van der Waals surface area contributed by atoms with Crippen LogP contribution in [0, 0.1) is 0 Å². The molecule has 0 amide bonds. The van der Waals surface area contributed by atoms with Crippen LogP contribution in [0.25, 0.3) is 0 Å². The fraction of sp³-hybridized carbons (Fsp3) is 1.00. The maximum absolute atomic E-state index is 4.94. The molecule has 2 heteroatoms. The van der Waals surface area contributed by atoms with Gasteiger partial charge < -0.3 is 12.6 Å². The number of unbranched alkanes of at least 4 members (excludes halogenated alkanes) is 13. The molecule has 0 heterocycles. The van der Waals surface area contributed by atoms with E-state index in [2.05, 4.69) is 6.92 Å². The average molecular weight is 626 g/mol. The minimum Gasteiger partial charge on any atom is -0.793 e. The van der Waals surface area contributed by atoms with E-state index in [1.54, 1.807) is 96.3 Å². The molecule has 3 aliphatic carbocycles. The maximum Gasteiger partial charge on any atom is -0.0533 e. The van der Waals surface area contributed by atoms with Crippen LogP contribution in [0.3, 0.4) is 0 Å². The molecule has 0 aromatic carbocycles. The molecule has 0 radical (unpaired) electrons. The van der Waals surface area contributed by atoms with Crippen molar-refractivity contribution >= 4 is 32.4 Å². The quantitative estimate of drug-likeness (QED) is 0.0880. The second-order valence-electron chi connectivity index (χ2n) is 12.8. The molecule has 0 nitrogen and oxygen atoms in total. The van der Waals surface area contributed by atoms with Crippen molar-refractivity contribution in [3.05, 3.63) is 0 Å². The minimum absolute atomic E-state index is 0.956. The van der Waals surface area contributed by atoms with E-state index in [-0.39, 0.29) is 0 Å². The Bertz CT molecular complexity index is 391. The van der Waals surface area contributed by atoms with Crippen LogP contribution in [0.2, 0.25) is 11.8 Å². The summed E-state index contributed by atoms with van der Waals surface area (Å²) in [6, 6.07) is 0. The van der Waals surface area contributed by atoms with Gasteiger partial charge >= 0.3 is 128 Å². The summed E-state index contributed by atoms with van der Waals surface area (Å²) in [6.45, 7) is 2.29. The summed E-state index contributed by atoms with van der Waals surface area (Å²) in [6.07, 6.45) is 44.2. The Morgan fingerprint density at radius 2 is 0.694 bits per heavy atom. The van der Waals surface area contributed by atoms with Crippen LogP contribution in [0.5, 0.6) is 0 Å². The molecule has 0 unspecified atom stereocenters. The van der Waals surface area contributed by atoms with E-state index in [1.165, 1.54) is 102 Å². The zero-order valence-electron chi connectivity index (χ0n) is 24.9. The van der Waals surface area contributed by atoms with E-state index in [9.17, 15) is 0 Å². The molecule has 212 valence electrons. The number of hydrogen-bond donors (Lipinski definition) is 0. The third kappa shape index (κ3) is 15.7. The van der Waals surface area contributed by atoms with Crippen LogP contribution >= 0.6 is 0 Å². The SMILES string of the molecule is C1CC[CH]([Sn+]([CH]2CCCCC2)[CH]2CCCCC2)CC1.CCCCCCCCCCCCCCCC[S-]. The summed E-state index contributed by atoms with van der Waals surface area (Å²) >= 11 is 3.79. The summed E-state index contributed by atoms with van der Waals surface area (Å²) in [4.78, 5) is 0. The van der Waals surface area contributed by atoms with E-state index >= 15 is 0 Å². The second-order valence-corrected chi connectivity index (χ2v) is 23.1. The fourth-order valence-electron chi connectivity index (χ4n) is 7.60. The molecule has 0 spiro atoms. The third-order valence-electron chi connectivity index (χ3n) is 9.73. The van der Waals surface area contributed by atoms with Crippen molar-refractivity contribution in [3.63, 3.8) is 0 Å². The van der Waals surface area contributed by atoms with Crippen molar-refractivity contribution < 1.29 is 0 Å². The summed E-state index contributed by atoms with van der Waals surface area (Å²) in [5.74, 6) is 0.956. The van der Waals surface area contributed by atoms with Crippen molar-refractivity contribution in [1.29, 1.82) is 0 Å². The summed E-state index contributed by atoms with van der Waals surface area (Å²) in [5.41, 5.74) is 0. The topological polar surface area (TPSA) is 0 Å².